The summed E-state index contributed by atoms with van der Waals surface area (Å²) in [6.45, 7) is 6.62. The fraction of sp³-hybridized carbons (Fsp3) is 0.625. The molecule has 20 heavy (non-hydrogen) atoms. The molecule has 2 nitrogen and oxygen atoms in total. The van der Waals surface area contributed by atoms with Crippen LogP contribution in [0.25, 0.3) is 0 Å². The summed E-state index contributed by atoms with van der Waals surface area (Å²) in [5, 5.41) is 0. The highest BCUT2D eigenvalue weighted by Crippen LogP contribution is 2.29. The molecular weight excluding hydrogens is 319 g/mol. The van der Waals surface area contributed by atoms with Crippen molar-refractivity contribution in [1.29, 1.82) is 0 Å². The van der Waals surface area contributed by atoms with Crippen LogP contribution in [0, 0.1) is 5.82 Å². The van der Waals surface area contributed by atoms with Crippen LogP contribution in [-0.2, 0) is 6.42 Å². The van der Waals surface area contributed by atoms with Gasteiger partial charge in [-0.25, -0.2) is 4.39 Å². The van der Waals surface area contributed by atoms with Crippen molar-refractivity contribution in [2.45, 2.75) is 51.1 Å². The Balaban J connectivity index is 2.14. The van der Waals surface area contributed by atoms with Crippen LogP contribution in [0.15, 0.2) is 22.7 Å². The van der Waals surface area contributed by atoms with Gasteiger partial charge in [-0.3, -0.25) is 4.90 Å². The quantitative estimate of drug-likeness (QED) is 0.883. The molecule has 0 aromatic heterocycles. The third-order valence-electron chi connectivity index (χ3n) is 4.80. The Hall–Kier alpha value is -0.450. The molecule has 1 heterocycles. The molecule has 1 aromatic carbocycles. The van der Waals surface area contributed by atoms with Gasteiger partial charge in [-0.1, -0.05) is 28.9 Å². The lowest BCUT2D eigenvalue weighted by Gasteiger charge is -2.43. The van der Waals surface area contributed by atoms with Crippen LogP contribution in [0.4, 0.5) is 4.39 Å². The maximum absolute atomic E-state index is 14.0. The largest absolute Gasteiger partial charge is 0.326 e. The maximum Gasteiger partial charge on any atom is 0.127 e. The van der Waals surface area contributed by atoms with Crippen LogP contribution >= 0.6 is 15.9 Å². The molecule has 112 valence electrons. The van der Waals surface area contributed by atoms with Crippen LogP contribution in [0.1, 0.15) is 38.7 Å². The number of hydrogen-bond donors (Lipinski definition) is 1. The molecule has 0 spiro atoms. The predicted octanol–water partition coefficient (Wildman–Crippen LogP) is 3.72. The van der Waals surface area contributed by atoms with Crippen molar-refractivity contribution < 1.29 is 4.39 Å². The first-order valence-electron chi connectivity index (χ1n) is 7.42. The van der Waals surface area contributed by atoms with E-state index in [9.17, 15) is 4.39 Å². The highest BCUT2D eigenvalue weighted by molar-refractivity contribution is 9.10. The van der Waals surface area contributed by atoms with Crippen LogP contribution in [-0.4, -0.2) is 29.6 Å². The summed E-state index contributed by atoms with van der Waals surface area (Å²) in [4.78, 5) is 2.48. The molecule has 0 amide bonds. The van der Waals surface area contributed by atoms with Gasteiger partial charge in [-0.15, -0.1) is 0 Å². The number of benzene rings is 1. The summed E-state index contributed by atoms with van der Waals surface area (Å²) in [6.07, 6.45) is 4.07. The fourth-order valence-corrected chi connectivity index (χ4v) is 3.43. The average molecular weight is 343 g/mol. The van der Waals surface area contributed by atoms with Crippen LogP contribution in [0.5, 0.6) is 0 Å². The van der Waals surface area contributed by atoms with E-state index in [1.54, 1.807) is 0 Å². The monoisotopic (exact) mass is 342 g/mol. The van der Waals surface area contributed by atoms with E-state index in [4.69, 9.17) is 5.73 Å². The molecule has 1 fully saturated rings. The normalized spacial score (nSPS) is 20.9. The van der Waals surface area contributed by atoms with Gasteiger partial charge >= 0.3 is 0 Å². The van der Waals surface area contributed by atoms with Gasteiger partial charge in [0.1, 0.15) is 5.82 Å². The Morgan fingerprint density at radius 2 is 2.05 bits per heavy atom. The third-order valence-corrected chi connectivity index (χ3v) is 5.29. The Morgan fingerprint density at radius 3 is 2.60 bits per heavy atom. The topological polar surface area (TPSA) is 29.3 Å². The first kappa shape index (κ1) is 15.9. The van der Waals surface area contributed by atoms with Gasteiger partial charge in [0.15, 0.2) is 0 Å². The van der Waals surface area contributed by atoms with E-state index in [1.165, 1.54) is 18.9 Å². The standard InChI is InChI=1S/C16H24BrFN2/c1-3-16(2,20-8-4-5-9-20)15(19)10-12-6-7-13(17)11-14(12)18/h6-7,11,15H,3-5,8-10,19H2,1-2H3. The van der Waals surface area contributed by atoms with E-state index in [0.717, 1.165) is 24.0 Å². The van der Waals surface area contributed by atoms with Crippen molar-refractivity contribution in [3.63, 3.8) is 0 Å². The Bertz CT molecular complexity index is 460. The van der Waals surface area contributed by atoms with Crippen molar-refractivity contribution >= 4 is 15.9 Å². The minimum absolute atomic E-state index is 0.0456. The first-order valence-corrected chi connectivity index (χ1v) is 8.21. The van der Waals surface area contributed by atoms with E-state index >= 15 is 0 Å². The highest BCUT2D eigenvalue weighted by atomic mass is 79.9. The van der Waals surface area contributed by atoms with E-state index in [1.807, 2.05) is 12.1 Å². The van der Waals surface area contributed by atoms with Gasteiger partial charge in [-0.05, 0) is 63.4 Å². The molecule has 2 atom stereocenters. The number of likely N-dealkylation sites (tertiary alicyclic amines) is 1. The average Bonchev–Trinajstić information content (AvgIpc) is 2.95. The van der Waals surface area contributed by atoms with Crippen LogP contribution in [0.3, 0.4) is 0 Å². The summed E-state index contributed by atoms with van der Waals surface area (Å²) >= 11 is 3.29. The first-order chi connectivity index (χ1) is 9.47. The second kappa shape index (κ2) is 6.54. The lowest BCUT2D eigenvalue weighted by atomic mass is 9.84. The summed E-state index contributed by atoms with van der Waals surface area (Å²) in [5.74, 6) is -0.172. The zero-order valence-corrected chi connectivity index (χ0v) is 13.9. The summed E-state index contributed by atoms with van der Waals surface area (Å²) in [6, 6.07) is 5.17. The van der Waals surface area contributed by atoms with Crippen molar-refractivity contribution in [2.24, 2.45) is 5.73 Å². The van der Waals surface area contributed by atoms with Gasteiger partial charge in [0, 0.05) is 16.1 Å². The van der Waals surface area contributed by atoms with Crippen molar-refractivity contribution in [3.05, 3.63) is 34.1 Å². The summed E-state index contributed by atoms with van der Waals surface area (Å²) in [7, 11) is 0. The van der Waals surface area contributed by atoms with E-state index in [0.29, 0.717) is 12.0 Å². The molecule has 0 saturated carbocycles. The summed E-state index contributed by atoms with van der Waals surface area (Å²) < 4.78 is 14.7. The van der Waals surface area contributed by atoms with Crippen LogP contribution < -0.4 is 5.73 Å². The number of nitrogens with zero attached hydrogens (tertiary/aromatic N) is 1. The van der Waals surface area contributed by atoms with Gasteiger partial charge in [0.05, 0.1) is 0 Å². The number of rotatable bonds is 5. The Morgan fingerprint density at radius 1 is 1.40 bits per heavy atom. The molecule has 1 aliphatic rings. The zero-order valence-electron chi connectivity index (χ0n) is 12.3. The molecule has 0 bridgehead atoms. The second-order valence-electron chi connectivity index (χ2n) is 5.95. The predicted molar refractivity (Wildman–Crippen MR) is 85.3 cm³/mol. The smallest absolute Gasteiger partial charge is 0.127 e. The zero-order chi connectivity index (χ0) is 14.8. The number of nitrogens with two attached hydrogens (primary N) is 1. The highest BCUT2D eigenvalue weighted by Gasteiger charge is 2.37. The van der Waals surface area contributed by atoms with Gasteiger partial charge in [-0.2, -0.15) is 0 Å². The molecule has 4 heteroatoms. The summed E-state index contributed by atoms with van der Waals surface area (Å²) in [5.41, 5.74) is 7.12. The fourth-order valence-electron chi connectivity index (χ4n) is 3.09. The van der Waals surface area contributed by atoms with Crippen molar-refractivity contribution in [3.8, 4) is 0 Å². The molecule has 2 N–H and O–H groups in total. The molecule has 2 rings (SSSR count). The minimum Gasteiger partial charge on any atom is -0.326 e. The van der Waals surface area contributed by atoms with Crippen molar-refractivity contribution in [1.82, 2.24) is 4.90 Å². The van der Waals surface area contributed by atoms with Gasteiger partial charge in [0.2, 0.25) is 0 Å². The third kappa shape index (κ3) is 3.23. The molecule has 1 saturated heterocycles. The molecule has 1 aliphatic heterocycles. The maximum atomic E-state index is 14.0. The number of halogens is 2. The van der Waals surface area contributed by atoms with E-state index in [-0.39, 0.29) is 17.4 Å². The van der Waals surface area contributed by atoms with Gasteiger partial charge < -0.3 is 5.73 Å². The second-order valence-corrected chi connectivity index (χ2v) is 6.87. The molecule has 2 unspecified atom stereocenters. The molecule has 1 aromatic rings. The van der Waals surface area contributed by atoms with Gasteiger partial charge in [0.25, 0.3) is 0 Å². The lowest BCUT2D eigenvalue weighted by molar-refractivity contribution is 0.0995. The Kier molecular flexibility index (Phi) is 5.21. The molecular formula is C16H24BrFN2. The SMILES string of the molecule is CCC(C)(C(N)Cc1ccc(Br)cc1F)N1CCCC1. The molecule has 0 aliphatic carbocycles. The van der Waals surface area contributed by atoms with E-state index < -0.39 is 0 Å². The lowest BCUT2D eigenvalue weighted by Crippen LogP contribution is -2.57. The number of hydrogen-bond acceptors (Lipinski definition) is 2. The van der Waals surface area contributed by atoms with E-state index in [2.05, 4.69) is 34.7 Å². The van der Waals surface area contributed by atoms with Crippen LogP contribution in [0.2, 0.25) is 0 Å². The molecule has 0 radical (unpaired) electrons. The van der Waals surface area contributed by atoms with Crippen molar-refractivity contribution in [2.75, 3.05) is 13.1 Å². The minimum atomic E-state index is -0.172. The Labute approximate surface area is 129 Å².